The molecule has 35 heavy (non-hydrogen) atoms. The van der Waals surface area contributed by atoms with Gasteiger partial charge >= 0.3 is 0 Å². The fourth-order valence-corrected chi connectivity index (χ4v) is 4.41. The Labute approximate surface area is 210 Å². The van der Waals surface area contributed by atoms with Crippen LogP contribution in [0, 0.1) is 5.82 Å². The molecule has 8 heteroatoms. The average molecular weight is 495 g/mol. The molecule has 2 aromatic rings. The van der Waals surface area contributed by atoms with Crippen LogP contribution in [0.15, 0.2) is 77.3 Å². The third-order valence-corrected chi connectivity index (χ3v) is 6.62. The summed E-state index contributed by atoms with van der Waals surface area (Å²) >= 11 is 1.38. The highest BCUT2D eigenvalue weighted by molar-refractivity contribution is 8.06. The number of rotatable bonds is 8. The summed E-state index contributed by atoms with van der Waals surface area (Å²) in [5.74, 6) is -0.140. The molecule has 1 aliphatic rings. The minimum absolute atomic E-state index is 0.148. The molecule has 0 bridgehead atoms. The van der Waals surface area contributed by atoms with Crippen LogP contribution >= 0.6 is 11.8 Å². The summed E-state index contributed by atoms with van der Waals surface area (Å²) in [4.78, 5) is 22.7. The second-order valence-electron chi connectivity index (χ2n) is 8.27. The van der Waals surface area contributed by atoms with Crippen molar-refractivity contribution >= 4 is 28.9 Å². The number of benzene rings is 1. The number of nitrogens with zero attached hydrogens (tertiary/aromatic N) is 3. The number of carbonyl (C=O) groups is 1. The molecule has 0 aliphatic carbocycles. The summed E-state index contributed by atoms with van der Waals surface area (Å²) in [6, 6.07) is 8.19. The molecule has 1 amide bonds. The average Bonchev–Trinajstić information content (AvgIpc) is 2.86. The van der Waals surface area contributed by atoms with E-state index in [-0.39, 0.29) is 17.6 Å². The van der Waals surface area contributed by atoms with E-state index in [1.54, 1.807) is 35.4 Å². The lowest BCUT2D eigenvalue weighted by molar-refractivity contribution is 0.0742. The molecule has 6 nitrogen and oxygen atoms in total. The van der Waals surface area contributed by atoms with E-state index in [2.05, 4.69) is 23.0 Å². The van der Waals surface area contributed by atoms with Crippen molar-refractivity contribution in [1.29, 1.82) is 0 Å². The Bertz CT molecular complexity index is 1160. The topological polar surface area (TPSA) is 71.7 Å². The first-order valence-electron chi connectivity index (χ1n) is 11.2. The van der Waals surface area contributed by atoms with E-state index in [0.29, 0.717) is 36.8 Å². The fourth-order valence-electron chi connectivity index (χ4n) is 3.73. The number of halogens is 1. The molecule has 0 radical (unpaired) electrons. The van der Waals surface area contributed by atoms with Gasteiger partial charge in [0.05, 0.1) is 12.1 Å². The number of piperazine rings is 1. The number of ether oxygens (including phenoxy) is 1. The highest BCUT2D eigenvalue weighted by Gasteiger charge is 2.25. The smallest absolute Gasteiger partial charge is 0.259 e. The minimum Gasteiger partial charge on any atom is -0.480 e. The molecule has 0 saturated carbocycles. The third-order valence-electron chi connectivity index (χ3n) is 5.61. The Morgan fingerprint density at radius 3 is 2.40 bits per heavy atom. The molecule has 1 saturated heterocycles. The fraction of sp³-hybridized carbons (Fsp3) is 0.259. The van der Waals surface area contributed by atoms with Crippen LogP contribution in [-0.2, 0) is 0 Å². The van der Waals surface area contributed by atoms with Gasteiger partial charge in [0, 0.05) is 48.5 Å². The predicted octanol–water partition coefficient (Wildman–Crippen LogP) is 5.22. The van der Waals surface area contributed by atoms with Gasteiger partial charge in [-0.15, -0.1) is 0 Å². The van der Waals surface area contributed by atoms with Crippen LogP contribution in [0.3, 0.4) is 0 Å². The highest BCUT2D eigenvalue weighted by atomic mass is 32.2. The molecule has 0 unspecified atom stereocenters. The molecular weight excluding hydrogens is 463 g/mol. The zero-order valence-electron chi connectivity index (χ0n) is 20.4. The van der Waals surface area contributed by atoms with Crippen molar-refractivity contribution in [2.75, 3.05) is 38.2 Å². The van der Waals surface area contributed by atoms with Crippen molar-refractivity contribution in [2.24, 2.45) is 5.73 Å². The van der Waals surface area contributed by atoms with Gasteiger partial charge in [-0.3, -0.25) is 4.79 Å². The Hall–Kier alpha value is -3.52. The summed E-state index contributed by atoms with van der Waals surface area (Å²) in [6.07, 6.45) is 5.35. The van der Waals surface area contributed by atoms with Gasteiger partial charge in [-0.1, -0.05) is 36.6 Å². The van der Waals surface area contributed by atoms with Gasteiger partial charge < -0.3 is 20.3 Å². The van der Waals surface area contributed by atoms with Crippen LogP contribution in [0.2, 0.25) is 0 Å². The largest absolute Gasteiger partial charge is 0.480 e. The summed E-state index contributed by atoms with van der Waals surface area (Å²) in [5, 5.41) is 0.490. The van der Waals surface area contributed by atoms with Gasteiger partial charge in [0.1, 0.15) is 11.4 Å². The van der Waals surface area contributed by atoms with Crippen molar-refractivity contribution in [3.05, 3.63) is 94.3 Å². The van der Waals surface area contributed by atoms with Crippen LogP contribution < -0.4 is 15.4 Å². The normalized spacial score (nSPS) is 13.9. The molecule has 1 fully saturated rings. The number of aromatic nitrogens is 1. The van der Waals surface area contributed by atoms with Crippen LogP contribution in [0.1, 0.15) is 29.8 Å². The maximum atomic E-state index is 13.5. The van der Waals surface area contributed by atoms with Crippen molar-refractivity contribution in [3.8, 4) is 5.88 Å². The maximum absolute atomic E-state index is 13.5. The number of thioether (sulfide) groups is 1. The van der Waals surface area contributed by atoms with Crippen LogP contribution in [0.25, 0.3) is 5.57 Å². The first-order valence-corrected chi connectivity index (χ1v) is 12.0. The van der Waals surface area contributed by atoms with Crippen LogP contribution in [-0.4, -0.2) is 49.1 Å². The second-order valence-corrected chi connectivity index (χ2v) is 9.44. The monoisotopic (exact) mass is 494 g/mol. The van der Waals surface area contributed by atoms with E-state index >= 15 is 0 Å². The standard InChI is InChI=1S/C27H31FN4O2S/c1-6-20(16-25(18(2)3)35-19(4)29)21-15-24(26(34-5)30-17-21)27(33)32-13-11-31(12-14-32)23-9-7-22(28)8-10-23/h6-10,15-17H,1,4,11-14,29H2,2-3,5H3/b20-16+. The van der Waals surface area contributed by atoms with E-state index in [9.17, 15) is 9.18 Å². The Morgan fingerprint density at radius 2 is 1.86 bits per heavy atom. The third kappa shape index (κ3) is 6.54. The van der Waals surface area contributed by atoms with E-state index < -0.39 is 0 Å². The number of anilines is 1. The second kappa shape index (κ2) is 11.8. The molecule has 184 valence electrons. The van der Waals surface area contributed by atoms with Crippen LogP contribution in [0.5, 0.6) is 5.88 Å². The number of allylic oxidation sites excluding steroid dienone is 4. The lowest BCUT2D eigenvalue weighted by Crippen LogP contribution is -2.48. The van der Waals surface area contributed by atoms with Gasteiger partial charge in [-0.2, -0.15) is 0 Å². The van der Waals surface area contributed by atoms with Crippen molar-refractivity contribution < 1.29 is 13.9 Å². The Morgan fingerprint density at radius 1 is 1.20 bits per heavy atom. The SMILES string of the molecule is C=C/C(=C\C(SC(=C)N)=C(C)C)c1cnc(OC)c(C(=O)N2CCN(c3ccc(F)cc3)CC2)c1. The zero-order chi connectivity index (χ0) is 25.5. The summed E-state index contributed by atoms with van der Waals surface area (Å²) < 4.78 is 18.7. The van der Waals surface area contributed by atoms with Gasteiger partial charge in [0.15, 0.2) is 0 Å². The summed E-state index contributed by atoms with van der Waals surface area (Å²) in [7, 11) is 1.50. The number of hydrogen-bond donors (Lipinski definition) is 1. The first kappa shape index (κ1) is 26.1. The number of carbonyl (C=O) groups excluding carboxylic acids is 1. The number of hydrogen-bond acceptors (Lipinski definition) is 6. The Kier molecular flexibility index (Phi) is 8.76. The van der Waals surface area contributed by atoms with Crippen molar-refractivity contribution in [2.45, 2.75) is 13.8 Å². The highest BCUT2D eigenvalue weighted by Crippen LogP contribution is 2.30. The van der Waals surface area contributed by atoms with Gasteiger partial charge in [0.2, 0.25) is 5.88 Å². The molecule has 1 aromatic heterocycles. The summed E-state index contributed by atoms with van der Waals surface area (Å²) in [5.41, 5.74) is 9.77. The van der Waals surface area contributed by atoms with E-state index in [0.717, 1.165) is 27.3 Å². The van der Waals surface area contributed by atoms with E-state index in [4.69, 9.17) is 10.5 Å². The van der Waals surface area contributed by atoms with E-state index in [1.807, 2.05) is 19.9 Å². The maximum Gasteiger partial charge on any atom is 0.259 e. The van der Waals surface area contributed by atoms with Crippen molar-refractivity contribution in [1.82, 2.24) is 9.88 Å². The number of methoxy groups -OCH3 is 1. The number of nitrogens with two attached hydrogens (primary N) is 1. The predicted molar refractivity (Wildman–Crippen MR) is 143 cm³/mol. The quantitative estimate of drug-likeness (QED) is 0.508. The lowest BCUT2D eigenvalue weighted by Gasteiger charge is -2.36. The van der Waals surface area contributed by atoms with Gasteiger partial charge in [0.25, 0.3) is 5.91 Å². The van der Waals surface area contributed by atoms with E-state index in [1.165, 1.54) is 31.0 Å². The first-order chi connectivity index (χ1) is 16.7. The van der Waals surface area contributed by atoms with Gasteiger partial charge in [-0.05, 0) is 55.8 Å². The molecule has 2 N–H and O–H groups in total. The minimum atomic E-state index is -0.266. The summed E-state index contributed by atoms with van der Waals surface area (Å²) in [6.45, 7) is 14.1. The Balaban J connectivity index is 1.84. The molecule has 2 heterocycles. The molecule has 1 aromatic carbocycles. The molecule has 0 spiro atoms. The molecular formula is C27H31FN4O2S. The lowest BCUT2D eigenvalue weighted by atomic mass is 10.0. The van der Waals surface area contributed by atoms with Crippen molar-refractivity contribution in [3.63, 3.8) is 0 Å². The number of pyridine rings is 1. The number of amides is 1. The van der Waals surface area contributed by atoms with Crippen LogP contribution in [0.4, 0.5) is 10.1 Å². The molecule has 0 atom stereocenters. The zero-order valence-corrected chi connectivity index (χ0v) is 21.2. The van der Waals surface area contributed by atoms with Gasteiger partial charge in [-0.25, -0.2) is 9.37 Å². The molecule has 3 rings (SSSR count). The molecule has 1 aliphatic heterocycles.